The second kappa shape index (κ2) is 16.0. The van der Waals surface area contributed by atoms with E-state index >= 15 is 0 Å². The molecule has 0 saturated heterocycles. The van der Waals surface area contributed by atoms with Crippen molar-refractivity contribution in [1.29, 1.82) is 5.41 Å². The second-order valence-electron chi connectivity index (χ2n) is 8.49. The number of nitrogens with one attached hydrogen (secondary N) is 1. The molecule has 0 amide bonds. The highest BCUT2D eigenvalue weighted by atomic mass is 32.2. The van der Waals surface area contributed by atoms with Crippen molar-refractivity contribution in [2.75, 3.05) is 25.9 Å². The van der Waals surface area contributed by atoms with Gasteiger partial charge in [0.1, 0.15) is 6.54 Å². The molecule has 0 aliphatic carbocycles. The lowest BCUT2D eigenvalue weighted by Crippen LogP contribution is -2.35. The number of rotatable bonds is 8. The van der Waals surface area contributed by atoms with Gasteiger partial charge in [-0.25, -0.2) is 27.2 Å². The highest BCUT2D eigenvalue weighted by molar-refractivity contribution is 8.13. The number of carbonyl (C=O) groups is 2. The molecule has 1 aliphatic heterocycles. The summed E-state index contributed by atoms with van der Waals surface area (Å²) >= 11 is 1.37. The van der Waals surface area contributed by atoms with Gasteiger partial charge in [0.05, 0.1) is 29.3 Å². The van der Waals surface area contributed by atoms with E-state index in [2.05, 4.69) is 16.5 Å². The lowest BCUT2D eigenvalue weighted by atomic mass is 9.99. The number of halogens is 4. The van der Waals surface area contributed by atoms with Crippen molar-refractivity contribution in [1.82, 2.24) is 0 Å². The molecule has 1 heterocycles. The van der Waals surface area contributed by atoms with E-state index < -0.39 is 43.4 Å². The number of carboxylic acids is 2. The van der Waals surface area contributed by atoms with Crippen molar-refractivity contribution in [2.45, 2.75) is 37.5 Å². The standard InChI is InChI=1S/C13H13F2NO2.C10H11NO2S.C3H8F2N2/c14-13(15)5-4-11(16-8-13)7-9-2-1-3-10(6-9)12(17)18;1-14-9(11)6-7-3-2-4-8(5-7)10(12)13;4-3(5,1-6)2-7/h1-3,6H,4-5,7-8H2,(H,17,18);2-5,11H,6H2,1H3,(H,12,13);1-2,6-7H2. The lowest BCUT2D eigenvalue weighted by Gasteiger charge is -2.20. The molecule has 0 radical (unpaired) electrons. The van der Waals surface area contributed by atoms with Crippen molar-refractivity contribution in [3.05, 3.63) is 70.8 Å². The van der Waals surface area contributed by atoms with Crippen molar-refractivity contribution in [3.63, 3.8) is 0 Å². The molecule has 0 bridgehead atoms. The van der Waals surface area contributed by atoms with Crippen LogP contribution in [0.5, 0.6) is 0 Å². The summed E-state index contributed by atoms with van der Waals surface area (Å²) in [5.41, 5.74) is 12.0. The third-order valence-electron chi connectivity index (χ3n) is 5.28. The molecular formula is C26H32F4N4O4S. The first-order valence-electron chi connectivity index (χ1n) is 11.7. The number of thioether (sulfide) groups is 1. The van der Waals surface area contributed by atoms with Gasteiger partial charge in [0.15, 0.2) is 0 Å². The molecule has 0 aromatic heterocycles. The average molecular weight is 573 g/mol. The number of carboxylic acid groups (broad SMARTS) is 2. The number of aromatic carboxylic acids is 2. The molecule has 39 heavy (non-hydrogen) atoms. The molecule has 0 saturated carbocycles. The van der Waals surface area contributed by atoms with Gasteiger partial charge in [-0.2, -0.15) is 0 Å². The zero-order valence-corrected chi connectivity index (χ0v) is 22.1. The van der Waals surface area contributed by atoms with Gasteiger partial charge in [-0.15, -0.1) is 11.8 Å². The van der Waals surface area contributed by atoms with Crippen LogP contribution in [0, 0.1) is 5.41 Å². The maximum atomic E-state index is 12.9. The van der Waals surface area contributed by atoms with Crippen LogP contribution in [0.3, 0.4) is 0 Å². The first-order valence-corrected chi connectivity index (χ1v) is 12.9. The fourth-order valence-corrected chi connectivity index (χ4v) is 3.37. The molecule has 13 heteroatoms. The predicted octanol–water partition coefficient (Wildman–Crippen LogP) is 4.60. The number of nitrogens with zero attached hydrogens (tertiary/aromatic N) is 1. The predicted molar refractivity (Wildman–Crippen MR) is 145 cm³/mol. The molecule has 0 atom stereocenters. The van der Waals surface area contributed by atoms with Crippen LogP contribution in [0.4, 0.5) is 17.6 Å². The Bertz CT molecular complexity index is 1160. The van der Waals surface area contributed by atoms with E-state index in [1.54, 1.807) is 36.4 Å². The van der Waals surface area contributed by atoms with E-state index in [1.807, 2.05) is 12.3 Å². The number of alkyl halides is 4. The van der Waals surface area contributed by atoms with Crippen LogP contribution < -0.4 is 11.5 Å². The van der Waals surface area contributed by atoms with Crippen LogP contribution in [0.25, 0.3) is 0 Å². The van der Waals surface area contributed by atoms with Crippen molar-refractivity contribution in [3.8, 4) is 0 Å². The molecule has 8 nitrogen and oxygen atoms in total. The quantitative estimate of drug-likeness (QED) is 0.175. The van der Waals surface area contributed by atoms with Gasteiger partial charge >= 0.3 is 11.9 Å². The molecule has 2 aromatic carbocycles. The van der Waals surface area contributed by atoms with E-state index in [1.165, 1.54) is 17.8 Å². The topological polar surface area (TPSA) is 163 Å². The summed E-state index contributed by atoms with van der Waals surface area (Å²) in [7, 11) is 0. The fourth-order valence-electron chi connectivity index (χ4n) is 3.06. The van der Waals surface area contributed by atoms with Gasteiger partial charge < -0.3 is 21.7 Å². The van der Waals surface area contributed by atoms with Crippen molar-refractivity contribution >= 4 is 34.5 Å². The van der Waals surface area contributed by atoms with Gasteiger partial charge in [0.2, 0.25) is 0 Å². The maximum Gasteiger partial charge on any atom is 0.335 e. The summed E-state index contributed by atoms with van der Waals surface area (Å²) < 4.78 is 49.1. The highest BCUT2D eigenvalue weighted by Crippen LogP contribution is 2.26. The summed E-state index contributed by atoms with van der Waals surface area (Å²) in [6, 6.07) is 13.2. The third-order valence-corrected chi connectivity index (χ3v) is 5.91. The highest BCUT2D eigenvalue weighted by Gasteiger charge is 2.31. The molecule has 7 N–H and O–H groups in total. The molecular weight excluding hydrogens is 540 g/mol. The summed E-state index contributed by atoms with van der Waals surface area (Å²) in [6.07, 6.45) is 2.87. The van der Waals surface area contributed by atoms with E-state index in [0.29, 0.717) is 23.6 Å². The summed E-state index contributed by atoms with van der Waals surface area (Å²) in [4.78, 5) is 25.3. The Labute approximate surface area is 228 Å². The Morgan fingerprint density at radius 1 is 1.03 bits per heavy atom. The Balaban J connectivity index is 0.000000322. The fraction of sp³-hybridized carbons (Fsp3) is 0.385. The molecule has 214 valence electrons. The minimum atomic E-state index is -2.86. The Morgan fingerprint density at radius 2 is 1.54 bits per heavy atom. The maximum absolute atomic E-state index is 12.9. The first-order chi connectivity index (χ1) is 18.2. The van der Waals surface area contributed by atoms with Gasteiger partial charge in [0.25, 0.3) is 11.8 Å². The minimum absolute atomic E-state index is 0.176. The molecule has 0 spiro atoms. The largest absolute Gasteiger partial charge is 0.478 e. The third kappa shape index (κ3) is 13.4. The smallest absolute Gasteiger partial charge is 0.335 e. The number of benzene rings is 2. The van der Waals surface area contributed by atoms with Crippen LogP contribution in [0.1, 0.15) is 44.7 Å². The Kier molecular flexibility index (Phi) is 13.8. The number of hydrogen-bond donors (Lipinski definition) is 5. The van der Waals surface area contributed by atoms with E-state index in [4.69, 9.17) is 15.6 Å². The van der Waals surface area contributed by atoms with Gasteiger partial charge in [-0.3, -0.25) is 10.4 Å². The molecule has 0 fully saturated rings. The van der Waals surface area contributed by atoms with E-state index in [9.17, 15) is 27.2 Å². The van der Waals surface area contributed by atoms with Crippen molar-refractivity contribution in [2.24, 2.45) is 16.5 Å². The average Bonchev–Trinajstić information content (AvgIpc) is 2.91. The van der Waals surface area contributed by atoms with Crippen LogP contribution in [-0.2, 0) is 12.8 Å². The first kappa shape index (κ1) is 33.7. The minimum Gasteiger partial charge on any atom is -0.478 e. The molecule has 2 aromatic rings. The van der Waals surface area contributed by atoms with Gasteiger partial charge in [-0.1, -0.05) is 24.3 Å². The lowest BCUT2D eigenvalue weighted by molar-refractivity contribution is 0.000659. The van der Waals surface area contributed by atoms with Crippen LogP contribution in [-0.4, -0.2) is 70.6 Å². The molecule has 0 unspecified atom stereocenters. The van der Waals surface area contributed by atoms with Crippen LogP contribution >= 0.6 is 11.8 Å². The number of hydrogen-bond acceptors (Lipinski definition) is 7. The van der Waals surface area contributed by atoms with Crippen molar-refractivity contribution < 1.29 is 37.4 Å². The summed E-state index contributed by atoms with van der Waals surface area (Å²) in [5, 5.41) is 25.6. The Morgan fingerprint density at radius 3 is 1.95 bits per heavy atom. The summed E-state index contributed by atoms with van der Waals surface area (Å²) in [6.45, 7) is -1.78. The van der Waals surface area contributed by atoms with Gasteiger partial charge in [-0.05, 0) is 48.1 Å². The zero-order valence-electron chi connectivity index (χ0n) is 21.3. The van der Waals surface area contributed by atoms with Gasteiger partial charge in [0, 0.05) is 25.0 Å². The zero-order chi connectivity index (χ0) is 29.6. The van der Waals surface area contributed by atoms with E-state index in [-0.39, 0.29) is 24.0 Å². The van der Waals surface area contributed by atoms with Crippen LogP contribution in [0.2, 0.25) is 0 Å². The van der Waals surface area contributed by atoms with E-state index in [0.717, 1.165) is 11.1 Å². The normalized spacial score (nSPS) is 14.1. The number of nitrogens with two attached hydrogens (primary N) is 2. The number of aliphatic imine (C=N–C) groups is 1. The second-order valence-corrected chi connectivity index (χ2v) is 9.40. The van der Waals surface area contributed by atoms with Crippen LogP contribution in [0.15, 0.2) is 53.5 Å². The molecule has 3 rings (SSSR count). The molecule has 1 aliphatic rings. The SMILES string of the molecule is CSC(=N)Cc1cccc(C(=O)O)c1.NCC(F)(F)CN.O=C(O)c1cccc(CC2=NCC(F)(F)CC2)c1. The Hall–Kier alpha value is -3.29. The summed E-state index contributed by atoms with van der Waals surface area (Å²) in [5.74, 6) is -7.47. The monoisotopic (exact) mass is 572 g/mol.